The minimum atomic E-state index is -0.452. The van der Waals surface area contributed by atoms with Crippen LogP contribution in [0.4, 0.5) is 4.79 Å². The number of imide groups is 1. The Hall–Kier alpha value is -1.63. The lowest BCUT2D eigenvalue weighted by molar-refractivity contribution is -0.142. The number of amides is 3. The summed E-state index contributed by atoms with van der Waals surface area (Å²) in [7, 11) is 1.33. The van der Waals surface area contributed by atoms with Gasteiger partial charge in [-0.05, 0) is 25.7 Å². The number of urea groups is 1. The molecule has 0 heterocycles. The lowest BCUT2D eigenvalue weighted by Crippen LogP contribution is -2.48. The standard InChI is InChI=1S/C14H23N3O4/c1-21-13(19)9-17(11-4-2-3-5-11)8-12(18)16-14(20)15-10-6-7-10/h10-11H,2-9H2,1H3,(H2,15,16,18,20). The molecule has 2 N–H and O–H groups in total. The van der Waals surface area contributed by atoms with Gasteiger partial charge in [0, 0.05) is 12.1 Å². The van der Waals surface area contributed by atoms with Crippen LogP contribution in [0.1, 0.15) is 38.5 Å². The van der Waals surface area contributed by atoms with E-state index in [4.69, 9.17) is 0 Å². The van der Waals surface area contributed by atoms with E-state index in [-0.39, 0.29) is 37.0 Å². The Morgan fingerprint density at radius 2 is 1.76 bits per heavy atom. The normalized spacial score (nSPS) is 18.6. The average Bonchev–Trinajstić information content (AvgIpc) is 3.07. The highest BCUT2D eigenvalue weighted by atomic mass is 16.5. The first-order chi connectivity index (χ1) is 10.1. The van der Waals surface area contributed by atoms with Gasteiger partial charge in [-0.2, -0.15) is 0 Å². The zero-order chi connectivity index (χ0) is 15.2. The maximum Gasteiger partial charge on any atom is 0.321 e. The van der Waals surface area contributed by atoms with Crippen molar-refractivity contribution in [3.05, 3.63) is 0 Å². The lowest BCUT2D eigenvalue weighted by atomic mass is 10.2. The maximum atomic E-state index is 11.9. The number of carbonyl (C=O) groups is 3. The minimum Gasteiger partial charge on any atom is -0.468 e. The summed E-state index contributed by atoms with van der Waals surface area (Å²) in [6.45, 7) is 0.122. The molecule has 2 aliphatic carbocycles. The Labute approximate surface area is 124 Å². The van der Waals surface area contributed by atoms with Crippen molar-refractivity contribution in [2.75, 3.05) is 20.2 Å². The molecule has 0 aromatic carbocycles. The second kappa shape index (κ2) is 7.40. The number of hydrogen-bond acceptors (Lipinski definition) is 5. The third-order valence-corrected chi connectivity index (χ3v) is 3.91. The molecule has 21 heavy (non-hydrogen) atoms. The van der Waals surface area contributed by atoms with Gasteiger partial charge in [-0.3, -0.25) is 19.8 Å². The fraction of sp³-hybridized carbons (Fsp3) is 0.786. The fourth-order valence-electron chi connectivity index (χ4n) is 2.61. The van der Waals surface area contributed by atoms with Crippen LogP contribution in [-0.2, 0) is 14.3 Å². The van der Waals surface area contributed by atoms with Crippen molar-refractivity contribution in [2.45, 2.75) is 50.6 Å². The number of hydrogen-bond donors (Lipinski definition) is 2. The van der Waals surface area contributed by atoms with E-state index < -0.39 is 6.03 Å². The monoisotopic (exact) mass is 297 g/mol. The highest BCUT2D eigenvalue weighted by Crippen LogP contribution is 2.23. The van der Waals surface area contributed by atoms with Crippen LogP contribution in [0.2, 0.25) is 0 Å². The first kappa shape index (κ1) is 15.8. The summed E-state index contributed by atoms with van der Waals surface area (Å²) in [4.78, 5) is 36.7. The van der Waals surface area contributed by atoms with Crippen molar-refractivity contribution in [3.63, 3.8) is 0 Å². The Kier molecular flexibility index (Phi) is 5.55. The summed E-state index contributed by atoms with van der Waals surface area (Å²) in [6.07, 6.45) is 6.09. The van der Waals surface area contributed by atoms with E-state index in [2.05, 4.69) is 15.4 Å². The molecule has 0 aliphatic heterocycles. The third kappa shape index (κ3) is 5.34. The number of ether oxygens (including phenoxy) is 1. The molecule has 2 fully saturated rings. The van der Waals surface area contributed by atoms with E-state index in [0.29, 0.717) is 0 Å². The van der Waals surface area contributed by atoms with Gasteiger partial charge in [0.2, 0.25) is 5.91 Å². The quantitative estimate of drug-likeness (QED) is 0.693. The largest absolute Gasteiger partial charge is 0.468 e. The van der Waals surface area contributed by atoms with Crippen molar-refractivity contribution in [3.8, 4) is 0 Å². The molecule has 0 radical (unpaired) electrons. The maximum absolute atomic E-state index is 11.9. The van der Waals surface area contributed by atoms with Crippen molar-refractivity contribution < 1.29 is 19.1 Å². The van der Waals surface area contributed by atoms with Crippen LogP contribution in [-0.4, -0.2) is 55.1 Å². The van der Waals surface area contributed by atoms with E-state index in [1.54, 1.807) is 4.90 Å². The van der Waals surface area contributed by atoms with Gasteiger partial charge in [0.05, 0.1) is 20.2 Å². The summed E-state index contributed by atoms with van der Waals surface area (Å²) >= 11 is 0. The molecular weight excluding hydrogens is 274 g/mol. The molecule has 3 amide bonds. The highest BCUT2D eigenvalue weighted by Gasteiger charge is 2.28. The van der Waals surface area contributed by atoms with E-state index in [1.807, 2.05) is 0 Å². The molecule has 2 aliphatic rings. The highest BCUT2D eigenvalue weighted by molar-refractivity contribution is 5.95. The summed E-state index contributed by atoms with van der Waals surface area (Å²) in [5.74, 6) is -0.749. The number of methoxy groups -OCH3 is 1. The number of esters is 1. The van der Waals surface area contributed by atoms with Crippen LogP contribution in [0.15, 0.2) is 0 Å². The number of rotatable bonds is 6. The van der Waals surface area contributed by atoms with Crippen LogP contribution in [0, 0.1) is 0 Å². The molecule has 0 saturated heterocycles. The van der Waals surface area contributed by atoms with E-state index in [9.17, 15) is 14.4 Å². The van der Waals surface area contributed by atoms with Crippen LogP contribution in [0.3, 0.4) is 0 Å². The number of nitrogens with zero attached hydrogens (tertiary/aromatic N) is 1. The van der Waals surface area contributed by atoms with Crippen molar-refractivity contribution in [1.29, 1.82) is 0 Å². The van der Waals surface area contributed by atoms with E-state index >= 15 is 0 Å². The Bertz CT molecular complexity index is 403. The molecule has 2 rings (SSSR count). The topological polar surface area (TPSA) is 87.7 Å². The van der Waals surface area contributed by atoms with E-state index in [0.717, 1.165) is 38.5 Å². The van der Waals surface area contributed by atoms with E-state index in [1.165, 1.54) is 7.11 Å². The van der Waals surface area contributed by atoms with Gasteiger partial charge in [0.25, 0.3) is 0 Å². The van der Waals surface area contributed by atoms with Gasteiger partial charge < -0.3 is 10.1 Å². The van der Waals surface area contributed by atoms with Gasteiger partial charge in [-0.15, -0.1) is 0 Å². The molecule has 7 heteroatoms. The van der Waals surface area contributed by atoms with Crippen molar-refractivity contribution in [2.24, 2.45) is 0 Å². The minimum absolute atomic E-state index is 0.0395. The molecule has 7 nitrogen and oxygen atoms in total. The average molecular weight is 297 g/mol. The Morgan fingerprint density at radius 3 is 2.33 bits per heavy atom. The number of nitrogens with one attached hydrogen (secondary N) is 2. The van der Waals surface area contributed by atoms with Crippen LogP contribution in [0.5, 0.6) is 0 Å². The summed E-state index contributed by atoms with van der Waals surface area (Å²) < 4.78 is 4.67. The van der Waals surface area contributed by atoms with Crippen molar-refractivity contribution >= 4 is 17.9 Å². The molecule has 0 atom stereocenters. The predicted molar refractivity (Wildman–Crippen MR) is 75.5 cm³/mol. The van der Waals surface area contributed by atoms with Crippen molar-refractivity contribution in [1.82, 2.24) is 15.5 Å². The van der Waals surface area contributed by atoms with Gasteiger partial charge >= 0.3 is 12.0 Å². The molecule has 118 valence electrons. The van der Waals surface area contributed by atoms with Crippen LogP contribution >= 0.6 is 0 Å². The lowest BCUT2D eigenvalue weighted by Gasteiger charge is -2.26. The second-order valence-corrected chi connectivity index (χ2v) is 5.72. The molecule has 0 bridgehead atoms. The first-order valence-corrected chi connectivity index (χ1v) is 7.49. The fourth-order valence-corrected chi connectivity index (χ4v) is 2.61. The zero-order valence-corrected chi connectivity index (χ0v) is 12.4. The summed E-state index contributed by atoms with van der Waals surface area (Å²) in [5, 5.41) is 5.01. The third-order valence-electron chi connectivity index (χ3n) is 3.91. The Morgan fingerprint density at radius 1 is 1.10 bits per heavy atom. The number of carbonyl (C=O) groups excluding carboxylic acids is 3. The van der Waals surface area contributed by atoms with Crippen LogP contribution < -0.4 is 10.6 Å². The second-order valence-electron chi connectivity index (χ2n) is 5.72. The summed E-state index contributed by atoms with van der Waals surface area (Å²) in [6, 6.07) is -0.0351. The molecule has 0 aromatic rings. The predicted octanol–water partition coefficient (Wildman–Crippen LogP) is 0.392. The first-order valence-electron chi connectivity index (χ1n) is 7.49. The molecule has 0 aromatic heterocycles. The van der Waals surface area contributed by atoms with Crippen LogP contribution in [0.25, 0.3) is 0 Å². The van der Waals surface area contributed by atoms with Gasteiger partial charge in [-0.25, -0.2) is 4.79 Å². The Balaban J connectivity index is 1.82. The van der Waals surface area contributed by atoms with Gasteiger partial charge in [0.1, 0.15) is 0 Å². The SMILES string of the molecule is COC(=O)CN(CC(=O)NC(=O)NC1CC1)C1CCCC1. The van der Waals surface area contributed by atoms with Gasteiger partial charge in [-0.1, -0.05) is 12.8 Å². The van der Waals surface area contributed by atoms with Gasteiger partial charge in [0.15, 0.2) is 0 Å². The molecule has 2 saturated carbocycles. The smallest absolute Gasteiger partial charge is 0.321 e. The molecule has 0 spiro atoms. The summed E-state index contributed by atoms with van der Waals surface area (Å²) in [5.41, 5.74) is 0. The zero-order valence-electron chi connectivity index (χ0n) is 12.4. The molecule has 0 unspecified atom stereocenters. The molecular formula is C14H23N3O4.